The van der Waals surface area contributed by atoms with E-state index in [1.165, 1.54) is 24.3 Å². The molecule has 3 rings (SSSR count). The van der Waals surface area contributed by atoms with Crippen LogP contribution >= 0.6 is 0 Å². The fraction of sp³-hybridized carbons (Fsp3) is 0.176. The molecule has 0 fully saturated rings. The molecule has 2 aromatic carbocycles. The summed E-state index contributed by atoms with van der Waals surface area (Å²) in [7, 11) is -5.90. The summed E-state index contributed by atoms with van der Waals surface area (Å²) in [4.78, 5) is 7.12. The van der Waals surface area contributed by atoms with Gasteiger partial charge in [0.15, 0.2) is 0 Å². The molecule has 29 heavy (non-hydrogen) atoms. The van der Waals surface area contributed by atoms with Gasteiger partial charge in [-0.05, 0) is 35.4 Å². The number of sulfone groups is 1. The zero-order valence-electron chi connectivity index (χ0n) is 13.7. The second-order valence-corrected chi connectivity index (χ2v) is 7.65. The van der Waals surface area contributed by atoms with Gasteiger partial charge in [0, 0.05) is 0 Å². The maximum atomic E-state index is 13.6. The van der Waals surface area contributed by atoms with Crippen molar-refractivity contribution in [3.05, 3.63) is 71.3 Å². The molecule has 12 heteroatoms. The van der Waals surface area contributed by atoms with E-state index < -0.39 is 44.4 Å². The van der Waals surface area contributed by atoms with E-state index in [2.05, 4.69) is 9.98 Å². The molecule has 0 amide bonds. The quantitative estimate of drug-likeness (QED) is 0.536. The minimum atomic E-state index is -5.90. The van der Waals surface area contributed by atoms with E-state index in [1.807, 2.05) is 0 Å². The number of amidine groups is 1. The summed E-state index contributed by atoms with van der Waals surface area (Å²) in [6, 6.07) is 7.60. The van der Waals surface area contributed by atoms with E-state index >= 15 is 0 Å². The second kappa shape index (κ2) is 8.58. The molecule has 0 saturated carbocycles. The monoisotopic (exact) mass is 444 g/mol. The van der Waals surface area contributed by atoms with Gasteiger partial charge in [-0.25, -0.2) is 36.0 Å². The van der Waals surface area contributed by atoms with Gasteiger partial charge >= 0.3 is 41.2 Å². The number of halogens is 6. The molecule has 1 atom stereocenters. The van der Waals surface area contributed by atoms with Crippen LogP contribution in [0.3, 0.4) is 0 Å². The first-order valence-electron chi connectivity index (χ1n) is 7.62. The van der Waals surface area contributed by atoms with Crippen molar-refractivity contribution in [1.82, 2.24) is 0 Å². The van der Waals surface area contributed by atoms with Gasteiger partial charge in [-0.15, -0.1) is 0 Å². The van der Waals surface area contributed by atoms with Crippen molar-refractivity contribution in [3.63, 3.8) is 0 Å². The van der Waals surface area contributed by atoms with Crippen LogP contribution in [0.2, 0.25) is 0 Å². The number of hydrogen-bond acceptors (Lipinski definition) is 4. The SMILES string of the molecule is O=S(=O)(C1=NC(c2ccc(F)cc2)C(c2ccc(F)cc2)=N1)C(F)(F)C(F)F.[NaH]. The van der Waals surface area contributed by atoms with Crippen LogP contribution in [0.1, 0.15) is 17.2 Å². The molecular formula is C17H11F6N2NaO2S. The van der Waals surface area contributed by atoms with Crippen LogP contribution in [0.25, 0.3) is 0 Å². The van der Waals surface area contributed by atoms with Crippen molar-refractivity contribution in [2.75, 3.05) is 0 Å². The van der Waals surface area contributed by atoms with Crippen molar-refractivity contribution >= 4 is 50.3 Å². The number of aliphatic imine (C=N–C) groups is 2. The van der Waals surface area contributed by atoms with Gasteiger partial charge in [-0.1, -0.05) is 24.3 Å². The Hall–Kier alpha value is -1.69. The van der Waals surface area contributed by atoms with E-state index in [4.69, 9.17) is 0 Å². The molecule has 1 unspecified atom stereocenters. The van der Waals surface area contributed by atoms with Crippen molar-refractivity contribution in [3.8, 4) is 0 Å². The average Bonchev–Trinajstić information content (AvgIpc) is 3.08. The predicted molar refractivity (Wildman–Crippen MR) is 96.5 cm³/mol. The van der Waals surface area contributed by atoms with Crippen LogP contribution in [-0.4, -0.2) is 60.5 Å². The Balaban J connectivity index is 0.00000300. The molecule has 0 spiro atoms. The standard InChI is InChI=1S/C17H10F6N2O2S.Na.H/c18-11-5-1-9(2-6-11)13-14(10-3-7-12(19)8-4-10)25-16(24-13)28(26,27)17(22,23)15(20)21;;/h1-8,13,15H;;. The van der Waals surface area contributed by atoms with Crippen LogP contribution in [0.4, 0.5) is 26.3 Å². The Morgan fingerprint density at radius 3 is 1.86 bits per heavy atom. The third kappa shape index (κ3) is 4.42. The summed E-state index contributed by atoms with van der Waals surface area (Å²) >= 11 is 0. The number of rotatable bonds is 4. The number of nitrogens with zero attached hydrogens (tertiary/aromatic N) is 2. The van der Waals surface area contributed by atoms with Crippen LogP contribution < -0.4 is 0 Å². The van der Waals surface area contributed by atoms with Crippen molar-refractivity contribution < 1.29 is 34.8 Å². The molecule has 0 saturated heterocycles. The van der Waals surface area contributed by atoms with Crippen LogP contribution in [0.5, 0.6) is 0 Å². The maximum absolute atomic E-state index is 13.6. The first kappa shape index (κ1) is 23.6. The molecule has 1 aliphatic rings. The Labute approximate surface area is 183 Å². The van der Waals surface area contributed by atoms with Crippen LogP contribution in [-0.2, 0) is 9.84 Å². The first-order valence-corrected chi connectivity index (χ1v) is 9.10. The normalized spacial score (nSPS) is 17.0. The molecular weight excluding hydrogens is 433 g/mol. The van der Waals surface area contributed by atoms with Crippen LogP contribution in [0.15, 0.2) is 58.5 Å². The third-order valence-corrected chi connectivity index (χ3v) is 5.47. The Morgan fingerprint density at radius 1 is 0.897 bits per heavy atom. The zero-order valence-corrected chi connectivity index (χ0v) is 14.5. The van der Waals surface area contributed by atoms with E-state index in [0.29, 0.717) is 0 Å². The topological polar surface area (TPSA) is 58.9 Å². The van der Waals surface area contributed by atoms with Gasteiger partial charge in [0.05, 0.1) is 5.71 Å². The van der Waals surface area contributed by atoms with Crippen molar-refractivity contribution in [2.24, 2.45) is 9.98 Å². The molecule has 0 radical (unpaired) electrons. The summed E-state index contributed by atoms with van der Waals surface area (Å²) in [5, 5.41) is -6.88. The Morgan fingerprint density at radius 2 is 1.38 bits per heavy atom. The van der Waals surface area contributed by atoms with Crippen LogP contribution in [0, 0.1) is 11.6 Å². The number of hydrogen-bond donors (Lipinski definition) is 0. The summed E-state index contributed by atoms with van der Waals surface area (Å²) in [5.41, 5.74) is 0.121. The molecule has 1 heterocycles. The van der Waals surface area contributed by atoms with Gasteiger partial charge in [0.2, 0.25) is 5.17 Å². The molecule has 2 aromatic rings. The zero-order chi connectivity index (χ0) is 20.7. The van der Waals surface area contributed by atoms with E-state index in [0.717, 1.165) is 24.3 Å². The van der Waals surface area contributed by atoms with Gasteiger partial charge < -0.3 is 0 Å². The number of alkyl halides is 4. The Kier molecular flexibility index (Phi) is 6.98. The average molecular weight is 444 g/mol. The Bertz CT molecular complexity index is 1050. The minimum absolute atomic E-state index is 0. The molecule has 0 aromatic heterocycles. The van der Waals surface area contributed by atoms with Gasteiger partial charge in [0.1, 0.15) is 17.7 Å². The summed E-state index contributed by atoms with van der Waals surface area (Å²) in [5.74, 6) is -1.25. The summed E-state index contributed by atoms with van der Waals surface area (Å²) in [6.45, 7) is 0. The van der Waals surface area contributed by atoms with Crippen molar-refractivity contribution in [1.29, 1.82) is 0 Å². The fourth-order valence-corrected chi connectivity index (χ4v) is 3.39. The molecule has 0 N–H and O–H groups in total. The van der Waals surface area contributed by atoms with Gasteiger partial charge in [-0.3, -0.25) is 0 Å². The van der Waals surface area contributed by atoms with E-state index in [9.17, 15) is 34.8 Å². The van der Waals surface area contributed by atoms with Gasteiger partial charge in [-0.2, -0.15) is 8.78 Å². The number of benzene rings is 2. The van der Waals surface area contributed by atoms with Gasteiger partial charge in [0.25, 0.3) is 9.84 Å². The second-order valence-electron chi connectivity index (χ2n) is 5.74. The van der Waals surface area contributed by atoms with E-state index in [-0.39, 0.29) is 46.4 Å². The molecule has 1 aliphatic heterocycles. The fourth-order valence-electron chi connectivity index (χ4n) is 2.45. The predicted octanol–water partition coefficient (Wildman–Crippen LogP) is 3.49. The summed E-state index contributed by atoms with van der Waals surface area (Å²) < 4.78 is 103. The molecule has 150 valence electrons. The van der Waals surface area contributed by atoms with E-state index in [1.54, 1.807) is 0 Å². The molecule has 0 aliphatic carbocycles. The molecule has 0 bridgehead atoms. The first-order chi connectivity index (χ1) is 13.0. The third-order valence-electron chi connectivity index (χ3n) is 3.89. The molecule has 4 nitrogen and oxygen atoms in total. The van der Waals surface area contributed by atoms with Crippen molar-refractivity contribution in [2.45, 2.75) is 17.7 Å². The summed E-state index contributed by atoms with van der Waals surface area (Å²) in [6.07, 6.45) is -4.49.